The normalized spacial score (nSPS) is 19.5. The molecule has 2 rings (SSSR count). The lowest BCUT2D eigenvalue weighted by molar-refractivity contribution is 0.0403. The average molecular weight is 300 g/mol. The molecule has 0 saturated carbocycles. The number of halogens is 2. The van der Waals surface area contributed by atoms with Crippen molar-refractivity contribution >= 4 is 5.91 Å². The molecule has 0 aromatic carbocycles. The van der Waals surface area contributed by atoms with Gasteiger partial charge in [0.15, 0.2) is 0 Å². The number of amides is 1. The number of nitrogens with zero attached hydrogens (tertiary/aromatic N) is 4. The third kappa shape index (κ3) is 3.78. The highest BCUT2D eigenvalue weighted by Crippen LogP contribution is 2.23. The van der Waals surface area contributed by atoms with E-state index in [1.165, 1.54) is 12.3 Å². The first kappa shape index (κ1) is 15.9. The summed E-state index contributed by atoms with van der Waals surface area (Å²) in [5.74, 6) is -0.337. The van der Waals surface area contributed by atoms with Gasteiger partial charge in [-0.25, -0.2) is 0 Å². The number of carbonyl (C=O) groups is 1. The number of rotatable bonds is 5. The largest absolute Gasteiger partial charge is 0.334 e. The van der Waals surface area contributed by atoms with Gasteiger partial charge in [-0.15, -0.1) is 0 Å². The molecule has 7 heteroatoms. The number of alkyl halides is 2. The van der Waals surface area contributed by atoms with E-state index in [9.17, 15) is 13.6 Å². The Morgan fingerprint density at radius 3 is 2.90 bits per heavy atom. The predicted molar refractivity (Wildman–Crippen MR) is 75.3 cm³/mol. The maximum atomic E-state index is 12.9. The maximum absolute atomic E-state index is 12.9. The number of likely N-dealkylation sites (tertiary alicyclic amines) is 1. The Hall–Kier alpha value is -1.50. The predicted octanol–water partition coefficient (Wildman–Crippen LogP) is 2.22. The van der Waals surface area contributed by atoms with Gasteiger partial charge in [-0.3, -0.25) is 4.79 Å². The Labute approximate surface area is 123 Å². The number of aromatic nitrogens is 2. The highest BCUT2D eigenvalue weighted by Gasteiger charge is 2.30. The van der Waals surface area contributed by atoms with Crippen LogP contribution in [0, 0.1) is 0 Å². The molecule has 0 N–H and O–H groups in total. The van der Waals surface area contributed by atoms with Crippen molar-refractivity contribution in [2.75, 3.05) is 27.2 Å². The molecule has 1 amide bonds. The first-order valence-corrected chi connectivity index (χ1v) is 7.28. The number of hydrogen-bond donors (Lipinski definition) is 0. The summed E-state index contributed by atoms with van der Waals surface area (Å²) in [6, 6.07) is 1.49. The van der Waals surface area contributed by atoms with Crippen molar-refractivity contribution in [3.63, 3.8) is 0 Å². The van der Waals surface area contributed by atoms with E-state index in [0.717, 1.165) is 32.2 Å². The molecule has 1 aromatic rings. The fraction of sp³-hybridized carbons (Fsp3) is 0.714. The van der Waals surface area contributed by atoms with Crippen molar-refractivity contribution in [3.05, 3.63) is 18.0 Å². The summed E-state index contributed by atoms with van der Waals surface area (Å²) in [4.78, 5) is 16.4. The molecule has 0 bridgehead atoms. The third-order valence-electron chi connectivity index (χ3n) is 3.87. The minimum atomic E-state index is -2.79. The molecule has 2 heterocycles. The topological polar surface area (TPSA) is 41.4 Å². The van der Waals surface area contributed by atoms with Crippen LogP contribution >= 0.6 is 0 Å². The molecule has 1 aliphatic heterocycles. The number of carbonyl (C=O) groups excluding carboxylic acids is 1. The average Bonchev–Trinajstić information content (AvgIpc) is 2.94. The number of piperidine rings is 1. The first-order chi connectivity index (χ1) is 10.0. The van der Waals surface area contributed by atoms with Crippen molar-refractivity contribution in [1.29, 1.82) is 0 Å². The second-order valence-corrected chi connectivity index (χ2v) is 5.68. The van der Waals surface area contributed by atoms with E-state index < -0.39 is 6.55 Å². The summed E-state index contributed by atoms with van der Waals surface area (Å²) >= 11 is 0. The van der Waals surface area contributed by atoms with Crippen molar-refractivity contribution in [3.8, 4) is 0 Å². The molecule has 1 saturated heterocycles. The van der Waals surface area contributed by atoms with E-state index in [1.54, 1.807) is 4.90 Å². The van der Waals surface area contributed by atoms with Crippen molar-refractivity contribution in [2.24, 2.45) is 0 Å². The van der Waals surface area contributed by atoms with Gasteiger partial charge in [0.1, 0.15) is 5.69 Å². The quantitative estimate of drug-likeness (QED) is 0.837. The maximum Gasteiger partial charge on any atom is 0.333 e. The minimum absolute atomic E-state index is 0.0262. The van der Waals surface area contributed by atoms with E-state index in [0.29, 0.717) is 11.2 Å². The van der Waals surface area contributed by atoms with Crippen LogP contribution in [0.5, 0.6) is 0 Å². The van der Waals surface area contributed by atoms with Crippen LogP contribution in [0.4, 0.5) is 8.78 Å². The zero-order chi connectivity index (χ0) is 15.4. The SMILES string of the molecule is CN(C)CC[C@H]1CCCCN1C(=O)c1ccnn1C(F)F. The summed E-state index contributed by atoms with van der Waals surface area (Å²) in [6.07, 6.45) is 5.05. The smallest absolute Gasteiger partial charge is 0.333 e. The van der Waals surface area contributed by atoms with Gasteiger partial charge in [0.25, 0.3) is 5.91 Å². The Balaban J connectivity index is 2.12. The molecule has 0 unspecified atom stereocenters. The summed E-state index contributed by atoms with van der Waals surface area (Å²) in [6.45, 7) is -1.28. The standard InChI is InChI=1S/C14H22F2N4O/c1-18(2)10-7-11-5-3-4-9-19(11)13(21)12-6-8-17-20(12)14(15)16/h6,8,11,14H,3-5,7,9-10H2,1-2H3/t11-/m1/s1. The highest BCUT2D eigenvalue weighted by atomic mass is 19.3. The Morgan fingerprint density at radius 1 is 1.48 bits per heavy atom. The van der Waals surface area contributed by atoms with Gasteiger partial charge in [-0.05, 0) is 52.4 Å². The van der Waals surface area contributed by atoms with E-state index in [2.05, 4.69) is 10.00 Å². The summed E-state index contributed by atoms with van der Waals surface area (Å²) in [5, 5.41) is 3.54. The van der Waals surface area contributed by atoms with Gasteiger partial charge >= 0.3 is 6.55 Å². The summed E-state index contributed by atoms with van der Waals surface area (Å²) in [7, 11) is 3.97. The first-order valence-electron chi connectivity index (χ1n) is 7.28. The van der Waals surface area contributed by atoms with Gasteiger partial charge in [-0.2, -0.15) is 18.6 Å². The van der Waals surface area contributed by atoms with Gasteiger partial charge in [0.2, 0.25) is 0 Å². The molecule has 0 spiro atoms. The lowest BCUT2D eigenvalue weighted by Crippen LogP contribution is -2.45. The van der Waals surface area contributed by atoms with E-state index in [-0.39, 0.29) is 17.6 Å². The van der Waals surface area contributed by atoms with Gasteiger partial charge in [0, 0.05) is 18.8 Å². The molecule has 0 aliphatic carbocycles. The molecule has 1 atom stereocenters. The summed E-state index contributed by atoms with van der Waals surface area (Å²) < 4.78 is 26.2. The lowest BCUT2D eigenvalue weighted by atomic mass is 9.98. The molecule has 1 fully saturated rings. The van der Waals surface area contributed by atoms with Crippen LogP contribution in [0.25, 0.3) is 0 Å². The number of hydrogen-bond acceptors (Lipinski definition) is 3. The molecule has 0 radical (unpaired) electrons. The summed E-state index contributed by atoms with van der Waals surface area (Å²) in [5.41, 5.74) is -0.0262. The van der Waals surface area contributed by atoms with Crippen molar-refractivity contribution in [2.45, 2.75) is 38.3 Å². The van der Waals surface area contributed by atoms with Crippen molar-refractivity contribution < 1.29 is 13.6 Å². The van der Waals surface area contributed by atoms with Crippen LogP contribution in [0.15, 0.2) is 12.3 Å². The van der Waals surface area contributed by atoms with Gasteiger partial charge in [0.05, 0.1) is 0 Å². The van der Waals surface area contributed by atoms with Crippen LogP contribution in [-0.2, 0) is 0 Å². The lowest BCUT2D eigenvalue weighted by Gasteiger charge is -2.36. The van der Waals surface area contributed by atoms with E-state index >= 15 is 0 Å². The Morgan fingerprint density at radius 2 is 2.24 bits per heavy atom. The van der Waals surface area contributed by atoms with E-state index in [1.807, 2.05) is 14.1 Å². The van der Waals surface area contributed by atoms with Crippen LogP contribution in [0.1, 0.15) is 42.7 Å². The van der Waals surface area contributed by atoms with Crippen molar-refractivity contribution in [1.82, 2.24) is 19.6 Å². The molecule has 1 aliphatic rings. The van der Waals surface area contributed by atoms with Gasteiger partial charge < -0.3 is 9.80 Å². The second-order valence-electron chi connectivity index (χ2n) is 5.68. The highest BCUT2D eigenvalue weighted by molar-refractivity contribution is 5.92. The molecule has 118 valence electrons. The zero-order valence-electron chi connectivity index (χ0n) is 12.5. The molecule has 5 nitrogen and oxygen atoms in total. The second kappa shape index (κ2) is 6.98. The molecular formula is C14H22F2N4O. The van der Waals surface area contributed by atoms with E-state index in [4.69, 9.17) is 0 Å². The third-order valence-corrected chi connectivity index (χ3v) is 3.87. The Kier molecular flexibility index (Phi) is 5.27. The zero-order valence-corrected chi connectivity index (χ0v) is 12.5. The minimum Gasteiger partial charge on any atom is -0.334 e. The van der Waals surface area contributed by atoms with Crippen LogP contribution in [-0.4, -0.2) is 58.7 Å². The van der Waals surface area contributed by atoms with Gasteiger partial charge in [-0.1, -0.05) is 0 Å². The fourth-order valence-corrected chi connectivity index (χ4v) is 2.76. The molecule has 21 heavy (non-hydrogen) atoms. The van der Waals surface area contributed by atoms with Crippen LogP contribution in [0.3, 0.4) is 0 Å². The molecular weight excluding hydrogens is 278 g/mol. The monoisotopic (exact) mass is 300 g/mol. The molecule has 1 aromatic heterocycles. The van der Waals surface area contributed by atoms with Crippen LogP contribution < -0.4 is 0 Å². The fourth-order valence-electron chi connectivity index (χ4n) is 2.76. The van der Waals surface area contributed by atoms with Crippen LogP contribution in [0.2, 0.25) is 0 Å². The Bertz CT molecular complexity index is 475.